The summed E-state index contributed by atoms with van der Waals surface area (Å²) in [7, 11) is 0. The highest BCUT2D eigenvalue weighted by atomic mass is 16.7. The average Bonchev–Trinajstić information content (AvgIpc) is 2.69. The predicted molar refractivity (Wildman–Crippen MR) is 97.6 cm³/mol. The topological polar surface area (TPSA) is 74.2 Å². The van der Waals surface area contributed by atoms with E-state index in [-0.39, 0.29) is 6.61 Å². The number of esters is 1. The van der Waals surface area contributed by atoms with Gasteiger partial charge in [0.05, 0.1) is 19.8 Å². The van der Waals surface area contributed by atoms with E-state index in [2.05, 4.69) is 0 Å². The second-order valence-electron chi connectivity index (χ2n) is 6.39. The van der Waals surface area contributed by atoms with Gasteiger partial charge in [0.1, 0.15) is 12.2 Å². The van der Waals surface area contributed by atoms with Gasteiger partial charge in [-0.25, -0.2) is 0 Å². The molecular weight excluding hydrogens is 348 g/mol. The molecule has 0 spiro atoms. The molecule has 1 aliphatic rings. The second kappa shape index (κ2) is 9.62. The summed E-state index contributed by atoms with van der Waals surface area (Å²) in [5, 5.41) is 10.2. The summed E-state index contributed by atoms with van der Waals surface area (Å²) in [4.78, 5) is 11.5. The summed E-state index contributed by atoms with van der Waals surface area (Å²) in [6, 6.07) is 19.4. The fourth-order valence-corrected chi connectivity index (χ4v) is 2.96. The van der Waals surface area contributed by atoms with Crippen LogP contribution in [0.5, 0.6) is 0 Å². The average molecular weight is 372 g/mol. The summed E-state index contributed by atoms with van der Waals surface area (Å²) in [5.41, 5.74) is 1.98. The standard InChI is InChI=1S/C21H24O6/c1-15(22)27-20-19(25-13-17-10-6-3-7-11-17)18(14-26-21(20)23)24-12-16-8-4-2-5-9-16/h2-11,18-21,23H,12-14H2,1H3/t18-,19+,20-,21-/m1/s1. The van der Waals surface area contributed by atoms with Gasteiger partial charge in [-0.05, 0) is 11.1 Å². The number of aliphatic hydroxyl groups excluding tert-OH is 1. The molecule has 0 bridgehead atoms. The van der Waals surface area contributed by atoms with Crippen LogP contribution in [-0.2, 0) is 37.0 Å². The Morgan fingerprint density at radius 1 is 0.963 bits per heavy atom. The molecule has 0 aliphatic carbocycles. The highest BCUT2D eigenvalue weighted by molar-refractivity contribution is 5.66. The van der Waals surface area contributed by atoms with Crippen molar-refractivity contribution in [1.82, 2.24) is 0 Å². The third-order valence-corrected chi connectivity index (χ3v) is 4.30. The van der Waals surface area contributed by atoms with E-state index >= 15 is 0 Å². The van der Waals surface area contributed by atoms with Gasteiger partial charge in [-0.3, -0.25) is 4.79 Å². The minimum absolute atomic E-state index is 0.144. The Labute approximate surface area is 158 Å². The molecule has 1 saturated heterocycles. The second-order valence-corrected chi connectivity index (χ2v) is 6.39. The zero-order valence-electron chi connectivity index (χ0n) is 15.2. The van der Waals surface area contributed by atoms with Crippen molar-refractivity contribution in [1.29, 1.82) is 0 Å². The van der Waals surface area contributed by atoms with Gasteiger partial charge in [-0.1, -0.05) is 60.7 Å². The lowest BCUT2D eigenvalue weighted by Gasteiger charge is -2.39. The molecule has 0 radical (unpaired) electrons. The summed E-state index contributed by atoms with van der Waals surface area (Å²) in [6.45, 7) is 2.10. The van der Waals surface area contributed by atoms with E-state index in [1.165, 1.54) is 6.92 Å². The minimum atomic E-state index is -1.26. The van der Waals surface area contributed by atoms with Crippen LogP contribution in [0.2, 0.25) is 0 Å². The quantitative estimate of drug-likeness (QED) is 0.753. The van der Waals surface area contributed by atoms with Crippen molar-refractivity contribution in [2.75, 3.05) is 6.61 Å². The molecule has 2 aromatic carbocycles. The van der Waals surface area contributed by atoms with E-state index in [1.807, 2.05) is 60.7 Å². The SMILES string of the molecule is CC(=O)O[C@@H]1[C@@H](OCc2ccccc2)[C@H](OCc2ccccc2)CO[C@H]1O. The molecule has 1 aliphatic heterocycles. The van der Waals surface area contributed by atoms with E-state index in [1.54, 1.807) is 0 Å². The molecule has 0 saturated carbocycles. The zero-order valence-corrected chi connectivity index (χ0v) is 15.2. The van der Waals surface area contributed by atoms with Gasteiger partial charge in [0.2, 0.25) is 0 Å². The molecule has 3 rings (SSSR count). The molecular formula is C21H24O6. The van der Waals surface area contributed by atoms with E-state index < -0.39 is 30.6 Å². The Morgan fingerprint density at radius 3 is 2.07 bits per heavy atom. The van der Waals surface area contributed by atoms with Gasteiger partial charge < -0.3 is 24.1 Å². The van der Waals surface area contributed by atoms with Gasteiger partial charge in [0.15, 0.2) is 12.4 Å². The molecule has 0 unspecified atom stereocenters. The van der Waals surface area contributed by atoms with Crippen molar-refractivity contribution in [2.45, 2.75) is 44.7 Å². The number of carbonyl (C=O) groups excluding carboxylic acids is 1. The normalized spacial score (nSPS) is 25.1. The van der Waals surface area contributed by atoms with Gasteiger partial charge in [0.25, 0.3) is 0 Å². The van der Waals surface area contributed by atoms with Crippen LogP contribution < -0.4 is 0 Å². The zero-order chi connectivity index (χ0) is 19.1. The van der Waals surface area contributed by atoms with Gasteiger partial charge in [-0.15, -0.1) is 0 Å². The van der Waals surface area contributed by atoms with Crippen molar-refractivity contribution < 1.29 is 28.8 Å². The summed E-state index contributed by atoms with van der Waals surface area (Å²) >= 11 is 0. The lowest BCUT2D eigenvalue weighted by atomic mass is 10.0. The molecule has 1 heterocycles. The Kier molecular flexibility index (Phi) is 6.95. The van der Waals surface area contributed by atoms with Crippen molar-refractivity contribution in [3.8, 4) is 0 Å². The Bertz CT molecular complexity index is 705. The molecule has 6 nitrogen and oxygen atoms in total. The van der Waals surface area contributed by atoms with Crippen LogP contribution >= 0.6 is 0 Å². The third-order valence-electron chi connectivity index (χ3n) is 4.30. The van der Waals surface area contributed by atoms with E-state index in [0.29, 0.717) is 13.2 Å². The first-order valence-electron chi connectivity index (χ1n) is 8.91. The minimum Gasteiger partial charge on any atom is -0.454 e. The highest BCUT2D eigenvalue weighted by Gasteiger charge is 2.43. The number of carbonyl (C=O) groups is 1. The van der Waals surface area contributed by atoms with Crippen LogP contribution in [0.15, 0.2) is 60.7 Å². The Hall–Kier alpha value is -2.25. The van der Waals surface area contributed by atoms with Crippen LogP contribution in [0, 0.1) is 0 Å². The smallest absolute Gasteiger partial charge is 0.303 e. The van der Waals surface area contributed by atoms with E-state index in [0.717, 1.165) is 11.1 Å². The van der Waals surface area contributed by atoms with Crippen LogP contribution in [-0.4, -0.2) is 42.3 Å². The summed E-state index contributed by atoms with van der Waals surface area (Å²) in [5.74, 6) is -0.514. The summed E-state index contributed by atoms with van der Waals surface area (Å²) < 4.78 is 22.6. The highest BCUT2D eigenvalue weighted by Crippen LogP contribution is 2.24. The first-order valence-corrected chi connectivity index (χ1v) is 8.91. The first kappa shape index (κ1) is 19.5. The van der Waals surface area contributed by atoms with Crippen molar-refractivity contribution in [3.05, 3.63) is 71.8 Å². The number of aliphatic hydroxyl groups is 1. The van der Waals surface area contributed by atoms with Crippen LogP contribution in [0.1, 0.15) is 18.1 Å². The maximum atomic E-state index is 11.5. The Morgan fingerprint density at radius 2 is 1.52 bits per heavy atom. The molecule has 6 heteroatoms. The van der Waals surface area contributed by atoms with E-state index in [4.69, 9.17) is 18.9 Å². The van der Waals surface area contributed by atoms with Gasteiger partial charge >= 0.3 is 5.97 Å². The maximum Gasteiger partial charge on any atom is 0.303 e. The van der Waals surface area contributed by atoms with Crippen molar-refractivity contribution in [2.24, 2.45) is 0 Å². The Balaban J connectivity index is 1.70. The number of hydrogen-bond donors (Lipinski definition) is 1. The van der Waals surface area contributed by atoms with Crippen LogP contribution in [0.25, 0.3) is 0 Å². The fraction of sp³-hybridized carbons (Fsp3) is 0.381. The van der Waals surface area contributed by atoms with E-state index in [9.17, 15) is 9.90 Å². The van der Waals surface area contributed by atoms with Crippen LogP contribution in [0.4, 0.5) is 0 Å². The maximum absolute atomic E-state index is 11.5. The molecule has 144 valence electrons. The molecule has 4 atom stereocenters. The van der Waals surface area contributed by atoms with Gasteiger partial charge in [-0.2, -0.15) is 0 Å². The molecule has 1 N–H and O–H groups in total. The molecule has 1 fully saturated rings. The molecule has 0 aromatic heterocycles. The number of rotatable bonds is 7. The number of ether oxygens (including phenoxy) is 4. The lowest BCUT2D eigenvalue weighted by molar-refractivity contribution is -0.278. The molecule has 0 amide bonds. The molecule has 2 aromatic rings. The largest absolute Gasteiger partial charge is 0.454 e. The fourth-order valence-electron chi connectivity index (χ4n) is 2.96. The van der Waals surface area contributed by atoms with Crippen molar-refractivity contribution in [3.63, 3.8) is 0 Å². The lowest BCUT2D eigenvalue weighted by Crippen LogP contribution is -2.56. The number of hydrogen-bond acceptors (Lipinski definition) is 6. The van der Waals surface area contributed by atoms with Crippen molar-refractivity contribution >= 4 is 5.97 Å². The third kappa shape index (κ3) is 5.61. The van der Waals surface area contributed by atoms with Gasteiger partial charge in [0, 0.05) is 6.92 Å². The molecule has 27 heavy (non-hydrogen) atoms. The number of benzene rings is 2. The first-order chi connectivity index (χ1) is 13.1. The predicted octanol–water partition coefficient (Wildman–Crippen LogP) is 2.44. The van der Waals surface area contributed by atoms with Crippen LogP contribution in [0.3, 0.4) is 0 Å². The summed E-state index contributed by atoms with van der Waals surface area (Å²) in [6.07, 6.45) is -3.35. The monoisotopic (exact) mass is 372 g/mol.